The van der Waals surface area contributed by atoms with Crippen molar-refractivity contribution in [1.29, 1.82) is 0 Å². The molecule has 0 aliphatic carbocycles. The minimum atomic E-state index is 1.07. The third kappa shape index (κ3) is 6.63. The molecule has 0 aromatic heterocycles. The molecular formula is C13H23I. The van der Waals surface area contributed by atoms with E-state index in [-0.39, 0.29) is 0 Å². The Morgan fingerprint density at radius 3 is 2.43 bits per heavy atom. The fourth-order valence-electron chi connectivity index (χ4n) is 1.50. The molecule has 1 heteroatoms. The Morgan fingerprint density at radius 1 is 1.21 bits per heavy atom. The standard InChI is InChI=1S/C13H23I/c1-4-7-8-9-11-13(14)12(6-3)10-5-2/h5H,2,4,6-11H2,1,3H3/b13-12-. The molecule has 0 saturated carbocycles. The fraction of sp³-hybridized carbons (Fsp3) is 0.692. The molecule has 0 unspecified atom stereocenters. The lowest BCUT2D eigenvalue weighted by Crippen LogP contribution is -1.85. The van der Waals surface area contributed by atoms with Crippen LogP contribution in [0.15, 0.2) is 21.8 Å². The summed E-state index contributed by atoms with van der Waals surface area (Å²) in [5, 5.41) is 0. The number of allylic oxidation sites excluding steroid dienone is 3. The first kappa shape index (κ1) is 14.2. The van der Waals surface area contributed by atoms with Crippen molar-refractivity contribution in [1.82, 2.24) is 0 Å². The highest BCUT2D eigenvalue weighted by Crippen LogP contribution is 2.24. The zero-order valence-corrected chi connectivity index (χ0v) is 11.8. The summed E-state index contributed by atoms with van der Waals surface area (Å²) in [6.07, 6.45) is 11.0. The highest BCUT2D eigenvalue weighted by atomic mass is 127. The summed E-state index contributed by atoms with van der Waals surface area (Å²) >= 11 is 2.51. The predicted molar refractivity (Wildman–Crippen MR) is 74.9 cm³/mol. The average Bonchev–Trinajstić information content (AvgIpc) is 2.20. The van der Waals surface area contributed by atoms with E-state index in [0.29, 0.717) is 0 Å². The molecule has 0 atom stereocenters. The van der Waals surface area contributed by atoms with Crippen LogP contribution in [0.4, 0.5) is 0 Å². The van der Waals surface area contributed by atoms with Crippen molar-refractivity contribution < 1.29 is 0 Å². The van der Waals surface area contributed by atoms with Gasteiger partial charge in [0.25, 0.3) is 0 Å². The highest BCUT2D eigenvalue weighted by molar-refractivity contribution is 14.1. The van der Waals surface area contributed by atoms with Gasteiger partial charge in [-0.3, -0.25) is 0 Å². The van der Waals surface area contributed by atoms with Gasteiger partial charge in [0.1, 0.15) is 0 Å². The van der Waals surface area contributed by atoms with Crippen LogP contribution in [0.2, 0.25) is 0 Å². The van der Waals surface area contributed by atoms with Crippen LogP contribution in [-0.4, -0.2) is 0 Å². The lowest BCUT2D eigenvalue weighted by molar-refractivity contribution is 0.671. The summed E-state index contributed by atoms with van der Waals surface area (Å²) in [4.78, 5) is 0. The largest absolute Gasteiger partial charge is 0.103 e. The van der Waals surface area contributed by atoms with Crippen LogP contribution in [0.1, 0.15) is 58.8 Å². The summed E-state index contributed by atoms with van der Waals surface area (Å²) < 4.78 is 1.57. The van der Waals surface area contributed by atoms with Crippen molar-refractivity contribution >= 4 is 22.6 Å². The van der Waals surface area contributed by atoms with Crippen LogP contribution in [0, 0.1) is 0 Å². The molecule has 0 rings (SSSR count). The Kier molecular flexibility index (Phi) is 9.90. The van der Waals surface area contributed by atoms with Gasteiger partial charge in [-0.15, -0.1) is 6.58 Å². The molecule has 0 fully saturated rings. The molecule has 0 aliphatic heterocycles. The molecule has 0 saturated heterocycles. The lowest BCUT2D eigenvalue weighted by atomic mass is 10.1. The summed E-state index contributed by atoms with van der Waals surface area (Å²) in [6, 6.07) is 0. The minimum absolute atomic E-state index is 1.07. The van der Waals surface area contributed by atoms with E-state index in [4.69, 9.17) is 0 Å². The lowest BCUT2D eigenvalue weighted by Gasteiger charge is -2.06. The first-order valence-corrected chi connectivity index (χ1v) is 6.81. The van der Waals surface area contributed by atoms with E-state index in [1.807, 2.05) is 6.08 Å². The Bertz CT molecular complexity index is 180. The number of halogens is 1. The molecule has 0 aliphatic rings. The van der Waals surface area contributed by atoms with E-state index in [1.165, 1.54) is 38.5 Å². The maximum Gasteiger partial charge on any atom is -0.00990 e. The molecule has 0 radical (unpaired) electrons. The van der Waals surface area contributed by atoms with Gasteiger partial charge < -0.3 is 0 Å². The third-order valence-corrected chi connectivity index (χ3v) is 3.75. The topological polar surface area (TPSA) is 0 Å². The zero-order chi connectivity index (χ0) is 10.8. The van der Waals surface area contributed by atoms with Crippen LogP contribution in [0.25, 0.3) is 0 Å². The molecule has 0 nitrogen and oxygen atoms in total. The van der Waals surface area contributed by atoms with Gasteiger partial charge in [-0.1, -0.05) is 44.8 Å². The van der Waals surface area contributed by atoms with E-state index in [2.05, 4.69) is 43.0 Å². The fourth-order valence-corrected chi connectivity index (χ4v) is 2.49. The molecule has 14 heavy (non-hydrogen) atoms. The number of rotatable bonds is 8. The monoisotopic (exact) mass is 306 g/mol. The summed E-state index contributed by atoms with van der Waals surface area (Å²) in [5.74, 6) is 0. The van der Waals surface area contributed by atoms with Gasteiger partial charge in [-0.25, -0.2) is 0 Å². The van der Waals surface area contributed by atoms with Gasteiger partial charge >= 0.3 is 0 Å². The average molecular weight is 306 g/mol. The van der Waals surface area contributed by atoms with Gasteiger partial charge in [-0.2, -0.15) is 0 Å². The Labute approximate surface area is 103 Å². The Balaban J connectivity index is 3.86. The van der Waals surface area contributed by atoms with Crippen molar-refractivity contribution in [2.75, 3.05) is 0 Å². The second-order valence-electron chi connectivity index (χ2n) is 3.67. The van der Waals surface area contributed by atoms with E-state index in [9.17, 15) is 0 Å². The normalized spacial score (nSPS) is 12.5. The Morgan fingerprint density at radius 2 is 1.93 bits per heavy atom. The van der Waals surface area contributed by atoms with Gasteiger partial charge in [0.05, 0.1) is 0 Å². The van der Waals surface area contributed by atoms with Gasteiger partial charge in [0.15, 0.2) is 0 Å². The molecule has 0 amide bonds. The molecule has 0 heterocycles. The summed E-state index contributed by atoms with van der Waals surface area (Å²) in [6.45, 7) is 8.30. The van der Waals surface area contributed by atoms with Crippen LogP contribution < -0.4 is 0 Å². The highest BCUT2D eigenvalue weighted by Gasteiger charge is 2.00. The van der Waals surface area contributed by atoms with E-state index < -0.39 is 0 Å². The third-order valence-electron chi connectivity index (χ3n) is 2.45. The Hall–Kier alpha value is 0.210. The van der Waals surface area contributed by atoms with E-state index in [0.717, 1.165) is 6.42 Å². The van der Waals surface area contributed by atoms with Crippen molar-refractivity contribution in [2.45, 2.75) is 58.8 Å². The van der Waals surface area contributed by atoms with Crippen molar-refractivity contribution in [3.05, 3.63) is 21.8 Å². The predicted octanol–water partition coefficient (Wildman–Crippen LogP) is 5.63. The zero-order valence-electron chi connectivity index (χ0n) is 9.61. The minimum Gasteiger partial charge on any atom is -0.103 e. The van der Waals surface area contributed by atoms with Gasteiger partial charge in [-0.05, 0) is 51.9 Å². The van der Waals surface area contributed by atoms with E-state index in [1.54, 1.807) is 9.15 Å². The van der Waals surface area contributed by atoms with Crippen LogP contribution in [0.3, 0.4) is 0 Å². The molecule has 82 valence electrons. The maximum atomic E-state index is 3.80. The number of hydrogen-bond acceptors (Lipinski definition) is 0. The van der Waals surface area contributed by atoms with Gasteiger partial charge in [0, 0.05) is 0 Å². The van der Waals surface area contributed by atoms with Crippen LogP contribution in [0.5, 0.6) is 0 Å². The first-order valence-electron chi connectivity index (χ1n) is 5.73. The molecule has 0 spiro atoms. The summed E-state index contributed by atoms with van der Waals surface area (Å²) in [5.41, 5.74) is 1.58. The first-order chi connectivity index (χ1) is 6.76. The molecule has 0 aromatic carbocycles. The van der Waals surface area contributed by atoms with Gasteiger partial charge in [0.2, 0.25) is 0 Å². The van der Waals surface area contributed by atoms with E-state index >= 15 is 0 Å². The number of hydrogen-bond donors (Lipinski definition) is 0. The SMILES string of the molecule is C=CC/C(CC)=C(\I)CCCCCC. The number of unbranched alkanes of at least 4 members (excludes halogenated alkanes) is 3. The summed E-state index contributed by atoms with van der Waals surface area (Å²) in [7, 11) is 0. The quantitative estimate of drug-likeness (QED) is 0.309. The van der Waals surface area contributed by atoms with Crippen molar-refractivity contribution in [3.8, 4) is 0 Å². The maximum absolute atomic E-state index is 3.80. The molecule has 0 aromatic rings. The van der Waals surface area contributed by atoms with Crippen LogP contribution in [-0.2, 0) is 0 Å². The molecule has 0 N–H and O–H groups in total. The second-order valence-corrected chi connectivity index (χ2v) is 4.97. The second kappa shape index (κ2) is 9.75. The smallest absolute Gasteiger partial charge is 0.00990 e. The molecular weight excluding hydrogens is 283 g/mol. The van der Waals surface area contributed by atoms with Crippen molar-refractivity contribution in [2.24, 2.45) is 0 Å². The van der Waals surface area contributed by atoms with Crippen molar-refractivity contribution in [3.63, 3.8) is 0 Å². The van der Waals surface area contributed by atoms with Crippen LogP contribution >= 0.6 is 22.6 Å². The molecule has 0 bridgehead atoms.